The van der Waals surface area contributed by atoms with Crippen molar-refractivity contribution in [1.29, 1.82) is 0 Å². The van der Waals surface area contributed by atoms with Crippen LogP contribution in [0.1, 0.15) is 0 Å². The molecule has 0 saturated carbocycles. The molecule has 0 N–H and O–H groups in total. The van der Waals surface area contributed by atoms with Crippen molar-refractivity contribution in [2.75, 3.05) is 0 Å². The molecule has 6 heavy (non-hydrogen) atoms. The first-order valence-corrected chi connectivity index (χ1v) is 27.2. The third-order valence-electron chi connectivity index (χ3n) is 0. The Kier molecular flexibility index (Phi) is 31.8. The van der Waals surface area contributed by atoms with E-state index in [0.717, 1.165) is 0 Å². The standard InChI is InChI=1S/2BrH.2ClH.2Pb/h4*1H;;/q;;;;2*+2/p-4. The van der Waals surface area contributed by atoms with Crippen molar-refractivity contribution < 1.29 is 0 Å². The molecule has 0 unspecified atom stereocenters. The molecule has 0 aliphatic rings. The molecule has 36 valence electrons. The van der Waals surface area contributed by atoms with Gasteiger partial charge in [0.15, 0.2) is 0 Å². The van der Waals surface area contributed by atoms with Gasteiger partial charge in [0.2, 0.25) is 0 Å². The molecule has 0 bridgehead atoms. The van der Waals surface area contributed by atoms with Crippen molar-refractivity contribution in [2.45, 2.75) is 0 Å². The van der Waals surface area contributed by atoms with Crippen molar-refractivity contribution in [3.63, 3.8) is 0 Å². The maximum atomic E-state index is 4.96. The number of halogens is 4. The van der Waals surface area contributed by atoms with Crippen LogP contribution >= 0.6 is 40.6 Å². The summed E-state index contributed by atoms with van der Waals surface area (Å²) in [5, 5.41) is 0. The average molecular weight is 645 g/mol. The molecule has 0 amide bonds. The monoisotopic (exact) mass is 644 g/mol. The molecule has 0 atom stereocenters. The van der Waals surface area contributed by atoms with Crippen molar-refractivity contribution >= 4 is 81.8 Å². The van der Waals surface area contributed by atoms with E-state index in [1.807, 2.05) is 0 Å². The van der Waals surface area contributed by atoms with Gasteiger partial charge in [-0.3, -0.25) is 0 Å². The summed E-state index contributed by atoms with van der Waals surface area (Å²) in [5.74, 6) is 0. The summed E-state index contributed by atoms with van der Waals surface area (Å²) >= 11 is 5.25. The van der Waals surface area contributed by atoms with Gasteiger partial charge in [0.1, 0.15) is 0 Å². The predicted molar refractivity (Wildman–Crippen MR) is 41.1 cm³/mol. The first kappa shape index (κ1) is 12.1. The van der Waals surface area contributed by atoms with Gasteiger partial charge in [-0.25, -0.2) is 0 Å². The Morgan fingerprint density at radius 3 is 1.17 bits per heavy atom. The zero-order chi connectivity index (χ0) is 5.41. The van der Waals surface area contributed by atoms with E-state index >= 15 is 0 Å². The van der Waals surface area contributed by atoms with Gasteiger partial charge in [-0.1, -0.05) is 0 Å². The van der Waals surface area contributed by atoms with E-state index < -0.39 is 21.8 Å². The summed E-state index contributed by atoms with van der Waals surface area (Å²) < 4.78 is 0. The van der Waals surface area contributed by atoms with E-state index in [1.54, 1.807) is 0 Å². The topological polar surface area (TPSA) is 0 Å². The van der Waals surface area contributed by atoms with Crippen molar-refractivity contribution in [3.8, 4) is 0 Å². The summed E-state index contributed by atoms with van der Waals surface area (Å²) in [5.41, 5.74) is 0. The SMILES string of the molecule is [Br][Pb][Br].[Cl][Pb][Cl]. The molecule has 0 saturated heterocycles. The Hall–Kier alpha value is 3.38. The van der Waals surface area contributed by atoms with Crippen LogP contribution in [0.4, 0.5) is 0 Å². The van der Waals surface area contributed by atoms with Gasteiger partial charge in [0, 0.05) is 0 Å². The minimum absolute atomic E-state index is 0.292. The third kappa shape index (κ3) is 26.3. The molecule has 0 fully saturated rings. The normalized spacial score (nSPS) is 6.00. The fraction of sp³-hybridized carbons (Fsp3) is 0. The Balaban J connectivity index is 0. The molecule has 0 aromatic rings. The van der Waals surface area contributed by atoms with Crippen LogP contribution in [0.3, 0.4) is 0 Å². The minimum atomic E-state index is -0.972. The Morgan fingerprint density at radius 2 is 1.17 bits per heavy atom. The van der Waals surface area contributed by atoms with Crippen LogP contribution in [0.5, 0.6) is 0 Å². The molecule has 0 aromatic carbocycles. The van der Waals surface area contributed by atoms with Crippen LogP contribution in [0, 0.1) is 0 Å². The summed E-state index contributed by atoms with van der Waals surface area (Å²) in [6.45, 7) is 0. The first-order valence-electron chi connectivity index (χ1n) is 0.756. The van der Waals surface area contributed by atoms with E-state index in [-0.39, 0.29) is 19.4 Å². The van der Waals surface area contributed by atoms with Crippen LogP contribution in [0.2, 0.25) is 0 Å². The molecule has 0 aliphatic carbocycles. The molecular formula is Br2Cl2Pb2. The molecule has 0 rings (SSSR count). The van der Waals surface area contributed by atoms with Gasteiger partial charge < -0.3 is 0 Å². The zero-order valence-electron chi connectivity index (χ0n) is 2.51. The van der Waals surface area contributed by atoms with Crippen molar-refractivity contribution in [3.05, 3.63) is 0 Å². The summed E-state index contributed by atoms with van der Waals surface area (Å²) in [6, 6.07) is 0. The van der Waals surface area contributed by atoms with E-state index in [0.29, 0.717) is 0 Å². The molecule has 6 heteroatoms. The van der Waals surface area contributed by atoms with E-state index in [2.05, 4.69) is 24.0 Å². The van der Waals surface area contributed by atoms with Gasteiger partial charge in [-0.15, -0.1) is 0 Å². The second-order valence-electron chi connectivity index (χ2n) is 0.143. The molecular weight excluding hydrogens is 645 g/mol. The van der Waals surface area contributed by atoms with Gasteiger partial charge in [-0.05, 0) is 0 Å². The number of rotatable bonds is 0. The van der Waals surface area contributed by atoms with Crippen LogP contribution < -0.4 is 0 Å². The fourth-order valence-corrected chi connectivity index (χ4v) is 0. The van der Waals surface area contributed by atoms with Gasteiger partial charge in [-0.2, -0.15) is 0 Å². The van der Waals surface area contributed by atoms with Crippen LogP contribution in [-0.2, 0) is 0 Å². The van der Waals surface area contributed by atoms with Crippen molar-refractivity contribution in [2.24, 2.45) is 0 Å². The van der Waals surface area contributed by atoms with Gasteiger partial charge in [0.25, 0.3) is 0 Å². The third-order valence-corrected chi connectivity index (χ3v) is 0. The fourth-order valence-electron chi connectivity index (χ4n) is 0. The number of hydrogen-bond donors (Lipinski definition) is 0. The summed E-state index contributed by atoms with van der Waals surface area (Å²) in [7, 11) is 9.92. The molecule has 0 spiro atoms. The number of hydrogen-bond acceptors (Lipinski definition) is 0. The van der Waals surface area contributed by atoms with Gasteiger partial charge in [0.05, 0.1) is 0 Å². The van der Waals surface area contributed by atoms with E-state index in [1.165, 1.54) is 0 Å². The second kappa shape index (κ2) is 15.8. The molecule has 0 heterocycles. The summed E-state index contributed by atoms with van der Waals surface area (Å²) in [4.78, 5) is 0. The van der Waals surface area contributed by atoms with Crippen molar-refractivity contribution in [1.82, 2.24) is 0 Å². The average Bonchev–Trinajstić information content (AvgIpc) is 1.39. The van der Waals surface area contributed by atoms with E-state index in [9.17, 15) is 0 Å². The Labute approximate surface area is 79.7 Å². The van der Waals surface area contributed by atoms with Crippen LogP contribution in [-0.4, -0.2) is 41.2 Å². The zero-order valence-corrected chi connectivity index (χ0v) is 15.0. The first-order chi connectivity index (χ1) is 2.83. The van der Waals surface area contributed by atoms with Crippen LogP contribution in [0.25, 0.3) is 0 Å². The molecule has 0 aromatic heterocycles. The van der Waals surface area contributed by atoms with E-state index in [4.69, 9.17) is 16.6 Å². The van der Waals surface area contributed by atoms with Crippen LogP contribution in [0.15, 0.2) is 0 Å². The predicted octanol–water partition coefficient (Wildman–Crippen LogP) is 2.31. The molecule has 4 radical (unpaired) electrons. The Bertz CT molecular complexity index is 11.5. The maximum absolute atomic E-state index is 4.96. The molecule has 0 nitrogen and oxygen atoms in total. The quantitative estimate of drug-likeness (QED) is 0.356. The Morgan fingerprint density at radius 1 is 1.17 bits per heavy atom. The molecule has 0 aliphatic heterocycles. The van der Waals surface area contributed by atoms with Gasteiger partial charge >= 0.3 is 81.8 Å². The second-order valence-corrected chi connectivity index (χ2v) is 22.6. The summed E-state index contributed by atoms with van der Waals surface area (Å²) in [6.07, 6.45) is 0.